The monoisotopic (exact) mass is 285 g/mol. The molecule has 1 aromatic carbocycles. The molecule has 0 bridgehead atoms. The molecule has 1 aromatic rings. The lowest BCUT2D eigenvalue weighted by Gasteiger charge is -2.10. The molecule has 102 valence electrons. The number of carbonyl (C=O) groups is 1. The minimum Gasteiger partial charge on any atom is -0.481 e. The molecule has 0 saturated heterocycles. The number of benzene rings is 1. The highest BCUT2D eigenvalue weighted by molar-refractivity contribution is 7.91. The zero-order chi connectivity index (χ0) is 14.3. The minimum absolute atomic E-state index is 0.280. The normalized spacial score (nSPS) is 16.8. The summed E-state index contributed by atoms with van der Waals surface area (Å²) in [5.41, 5.74) is -1.80. The van der Waals surface area contributed by atoms with Crippen molar-refractivity contribution in [2.24, 2.45) is 5.41 Å². The number of hydrogen-bond acceptors (Lipinski definition) is 5. The third-order valence-electron chi connectivity index (χ3n) is 3.17. The standard InChI is InChI=1S/C11H11NO6S/c13-10(14)11(5-6-11)7-19(17,18)9-4-2-1-3-8(9)12(15)16/h1-4H,5-7H2,(H,13,14). The molecular formula is C11H11NO6S. The van der Waals surface area contributed by atoms with Crippen molar-refractivity contribution in [1.82, 2.24) is 0 Å². The van der Waals surface area contributed by atoms with Gasteiger partial charge < -0.3 is 5.11 Å². The molecule has 0 aromatic heterocycles. The predicted octanol–water partition coefficient (Wildman–Crippen LogP) is 1.23. The highest BCUT2D eigenvalue weighted by Gasteiger charge is 2.53. The van der Waals surface area contributed by atoms with E-state index in [1.807, 2.05) is 0 Å². The lowest BCUT2D eigenvalue weighted by atomic mass is 10.1. The van der Waals surface area contributed by atoms with Gasteiger partial charge in [0.05, 0.1) is 16.1 Å². The van der Waals surface area contributed by atoms with Crippen molar-refractivity contribution in [3.05, 3.63) is 34.4 Å². The summed E-state index contributed by atoms with van der Waals surface area (Å²) >= 11 is 0. The highest BCUT2D eigenvalue weighted by Crippen LogP contribution is 2.48. The van der Waals surface area contributed by atoms with E-state index in [1.54, 1.807) is 0 Å². The topological polar surface area (TPSA) is 115 Å². The molecule has 0 amide bonds. The molecule has 1 fully saturated rings. The Labute approximate surface area is 108 Å². The molecular weight excluding hydrogens is 274 g/mol. The first-order valence-electron chi connectivity index (χ1n) is 5.48. The second-order valence-corrected chi connectivity index (χ2v) is 6.53. The second kappa shape index (κ2) is 4.30. The molecule has 0 atom stereocenters. The molecule has 0 spiro atoms. The first-order chi connectivity index (χ1) is 8.78. The fraction of sp³-hybridized carbons (Fsp3) is 0.364. The van der Waals surface area contributed by atoms with Gasteiger partial charge in [-0.2, -0.15) is 0 Å². The lowest BCUT2D eigenvalue weighted by Crippen LogP contribution is -2.25. The Kier molecular flexibility index (Phi) is 3.05. The second-order valence-electron chi connectivity index (χ2n) is 4.57. The number of sulfone groups is 1. The number of nitro groups is 1. The molecule has 2 rings (SSSR count). The molecule has 1 N–H and O–H groups in total. The summed E-state index contributed by atoms with van der Waals surface area (Å²) in [4.78, 5) is 20.6. The van der Waals surface area contributed by atoms with E-state index >= 15 is 0 Å². The van der Waals surface area contributed by atoms with Gasteiger partial charge in [0.2, 0.25) is 0 Å². The minimum atomic E-state index is -4.00. The first-order valence-corrected chi connectivity index (χ1v) is 7.13. The maximum atomic E-state index is 12.1. The molecule has 0 heterocycles. The van der Waals surface area contributed by atoms with Crippen molar-refractivity contribution < 1.29 is 23.2 Å². The molecule has 7 nitrogen and oxygen atoms in total. The largest absolute Gasteiger partial charge is 0.481 e. The van der Waals surface area contributed by atoms with E-state index in [0.29, 0.717) is 0 Å². The van der Waals surface area contributed by atoms with Crippen molar-refractivity contribution in [1.29, 1.82) is 0 Å². The highest BCUT2D eigenvalue weighted by atomic mass is 32.2. The number of nitro benzene ring substituents is 1. The predicted molar refractivity (Wildman–Crippen MR) is 64.5 cm³/mol. The van der Waals surface area contributed by atoms with Gasteiger partial charge in [0.25, 0.3) is 5.69 Å². The molecule has 0 aliphatic heterocycles. The Bertz CT molecular complexity index is 647. The summed E-state index contributed by atoms with van der Waals surface area (Å²) in [6.07, 6.45) is 0.560. The van der Waals surface area contributed by atoms with E-state index in [1.165, 1.54) is 12.1 Å². The van der Waals surface area contributed by atoms with Crippen LogP contribution in [0.1, 0.15) is 12.8 Å². The average molecular weight is 285 g/mol. The van der Waals surface area contributed by atoms with Gasteiger partial charge in [0.15, 0.2) is 9.84 Å². The van der Waals surface area contributed by atoms with E-state index in [9.17, 15) is 23.3 Å². The Hall–Kier alpha value is -1.96. The summed E-state index contributed by atoms with van der Waals surface area (Å²) in [5.74, 6) is -1.77. The van der Waals surface area contributed by atoms with Gasteiger partial charge in [0, 0.05) is 6.07 Å². The zero-order valence-electron chi connectivity index (χ0n) is 9.77. The maximum Gasteiger partial charge on any atom is 0.310 e. The molecule has 0 unspecified atom stereocenters. The van der Waals surface area contributed by atoms with Crippen LogP contribution >= 0.6 is 0 Å². The van der Waals surface area contributed by atoms with Gasteiger partial charge in [-0.3, -0.25) is 14.9 Å². The Morgan fingerprint density at radius 2 is 1.95 bits per heavy atom. The third-order valence-corrected chi connectivity index (χ3v) is 5.12. The van der Waals surface area contributed by atoms with Crippen molar-refractivity contribution in [3.63, 3.8) is 0 Å². The van der Waals surface area contributed by atoms with E-state index < -0.39 is 42.5 Å². The van der Waals surface area contributed by atoms with Crippen LogP contribution in [0.25, 0.3) is 0 Å². The van der Waals surface area contributed by atoms with Crippen molar-refractivity contribution in [2.75, 3.05) is 5.75 Å². The molecule has 8 heteroatoms. The summed E-state index contributed by atoms with van der Waals surface area (Å²) in [7, 11) is -4.00. The quantitative estimate of drug-likeness (QED) is 0.642. The molecule has 0 radical (unpaired) electrons. The third kappa shape index (κ3) is 2.43. The smallest absolute Gasteiger partial charge is 0.310 e. The van der Waals surface area contributed by atoms with Crippen LogP contribution in [0.2, 0.25) is 0 Å². The van der Waals surface area contributed by atoms with Gasteiger partial charge in [-0.15, -0.1) is 0 Å². The molecule has 19 heavy (non-hydrogen) atoms. The van der Waals surface area contributed by atoms with Crippen LogP contribution in [0, 0.1) is 15.5 Å². The van der Waals surface area contributed by atoms with Crippen LogP contribution in [-0.2, 0) is 14.6 Å². The summed E-state index contributed by atoms with van der Waals surface area (Å²) in [6, 6.07) is 4.96. The van der Waals surface area contributed by atoms with Crippen LogP contribution in [0.15, 0.2) is 29.2 Å². The number of carboxylic acid groups (broad SMARTS) is 1. The first kappa shape index (κ1) is 13.5. The van der Waals surface area contributed by atoms with E-state index in [0.717, 1.165) is 12.1 Å². The maximum absolute atomic E-state index is 12.1. The van der Waals surface area contributed by atoms with Crippen molar-refractivity contribution in [3.8, 4) is 0 Å². The van der Waals surface area contributed by atoms with E-state index in [-0.39, 0.29) is 12.8 Å². The van der Waals surface area contributed by atoms with Gasteiger partial charge in [-0.25, -0.2) is 8.42 Å². The number of hydrogen-bond donors (Lipinski definition) is 1. The average Bonchev–Trinajstić information content (AvgIpc) is 3.09. The van der Waals surface area contributed by atoms with Crippen LogP contribution in [0.3, 0.4) is 0 Å². The number of rotatable bonds is 5. The number of nitrogens with zero attached hydrogens (tertiary/aromatic N) is 1. The van der Waals surface area contributed by atoms with Gasteiger partial charge in [-0.1, -0.05) is 12.1 Å². The SMILES string of the molecule is O=C(O)C1(CS(=O)(=O)c2ccccc2[N+](=O)[O-])CC1. The fourth-order valence-corrected chi connectivity index (χ4v) is 3.93. The van der Waals surface area contributed by atoms with Gasteiger partial charge >= 0.3 is 5.97 Å². The number of aliphatic carboxylic acids is 1. The van der Waals surface area contributed by atoms with E-state index in [4.69, 9.17) is 5.11 Å². The number of para-hydroxylation sites is 1. The summed E-state index contributed by atoms with van der Waals surface area (Å²) in [5, 5.41) is 19.8. The Morgan fingerprint density at radius 3 is 2.42 bits per heavy atom. The molecule has 1 saturated carbocycles. The van der Waals surface area contributed by atoms with Gasteiger partial charge in [0.1, 0.15) is 4.90 Å². The van der Waals surface area contributed by atoms with Crippen molar-refractivity contribution >= 4 is 21.5 Å². The summed E-state index contributed by atoms with van der Waals surface area (Å²) < 4.78 is 24.3. The van der Waals surface area contributed by atoms with Crippen LogP contribution in [0.4, 0.5) is 5.69 Å². The lowest BCUT2D eigenvalue weighted by molar-refractivity contribution is -0.387. The van der Waals surface area contributed by atoms with Crippen molar-refractivity contribution in [2.45, 2.75) is 17.7 Å². The molecule has 1 aliphatic rings. The van der Waals surface area contributed by atoms with Crippen LogP contribution in [0.5, 0.6) is 0 Å². The van der Waals surface area contributed by atoms with E-state index in [2.05, 4.69) is 0 Å². The fourth-order valence-electron chi connectivity index (χ4n) is 1.88. The molecule has 1 aliphatic carbocycles. The van der Waals surface area contributed by atoms with Crippen LogP contribution in [-0.4, -0.2) is 30.2 Å². The van der Waals surface area contributed by atoms with Gasteiger partial charge in [-0.05, 0) is 18.9 Å². The summed E-state index contributed by atoms with van der Waals surface area (Å²) in [6.45, 7) is 0. The zero-order valence-corrected chi connectivity index (χ0v) is 10.6. The number of carboxylic acids is 1. The Morgan fingerprint density at radius 1 is 1.37 bits per heavy atom. The Balaban J connectivity index is 2.41. The van der Waals surface area contributed by atoms with Crippen LogP contribution < -0.4 is 0 Å².